The molecule has 116 valence electrons. The number of anilines is 1. The van der Waals surface area contributed by atoms with Gasteiger partial charge in [-0.1, -0.05) is 30.3 Å². The molecular formula is C16H18ClFN4. The Hall–Kier alpha value is -1.72. The molecule has 0 atom stereocenters. The van der Waals surface area contributed by atoms with Gasteiger partial charge in [0, 0.05) is 32.7 Å². The zero-order valence-corrected chi connectivity index (χ0v) is 13.0. The van der Waals surface area contributed by atoms with E-state index in [-0.39, 0.29) is 5.28 Å². The van der Waals surface area contributed by atoms with Crippen molar-refractivity contribution in [1.29, 1.82) is 0 Å². The third kappa shape index (κ3) is 3.72. The summed E-state index contributed by atoms with van der Waals surface area (Å²) in [6, 6.07) is 10.4. The topological polar surface area (TPSA) is 32.3 Å². The van der Waals surface area contributed by atoms with Gasteiger partial charge in [-0.15, -0.1) is 0 Å². The summed E-state index contributed by atoms with van der Waals surface area (Å²) in [5.74, 6) is -0.109. The predicted molar refractivity (Wildman–Crippen MR) is 85.5 cm³/mol. The number of aromatic nitrogens is 2. The van der Waals surface area contributed by atoms with Crippen LogP contribution in [0.1, 0.15) is 12.0 Å². The molecule has 0 saturated carbocycles. The first-order valence-corrected chi connectivity index (χ1v) is 7.79. The zero-order valence-electron chi connectivity index (χ0n) is 12.3. The van der Waals surface area contributed by atoms with E-state index in [9.17, 15) is 4.39 Å². The third-order valence-corrected chi connectivity index (χ3v) is 4.02. The molecule has 2 aromatic rings. The first-order chi connectivity index (χ1) is 10.7. The van der Waals surface area contributed by atoms with Crippen LogP contribution < -0.4 is 4.90 Å². The van der Waals surface area contributed by atoms with E-state index in [1.165, 1.54) is 5.56 Å². The van der Waals surface area contributed by atoms with Crippen molar-refractivity contribution in [3.63, 3.8) is 0 Å². The summed E-state index contributed by atoms with van der Waals surface area (Å²) >= 11 is 5.79. The molecule has 1 aromatic carbocycles. The minimum absolute atomic E-state index is 0.0850. The van der Waals surface area contributed by atoms with Gasteiger partial charge in [0.2, 0.25) is 5.28 Å². The lowest BCUT2D eigenvalue weighted by molar-refractivity contribution is 0.285. The lowest BCUT2D eigenvalue weighted by Crippen LogP contribution is -2.31. The number of rotatable bonds is 3. The monoisotopic (exact) mass is 320 g/mol. The largest absolute Gasteiger partial charge is 0.353 e. The van der Waals surface area contributed by atoms with E-state index < -0.39 is 5.82 Å². The molecule has 1 fully saturated rings. The molecule has 4 nitrogen and oxygen atoms in total. The lowest BCUT2D eigenvalue weighted by Gasteiger charge is -2.23. The highest BCUT2D eigenvalue weighted by Crippen LogP contribution is 2.19. The second kappa shape index (κ2) is 7.03. The van der Waals surface area contributed by atoms with Crippen LogP contribution in [-0.4, -0.2) is 41.0 Å². The number of benzene rings is 1. The number of hydrogen-bond acceptors (Lipinski definition) is 4. The Labute approximate surface area is 134 Å². The van der Waals surface area contributed by atoms with Crippen molar-refractivity contribution in [2.45, 2.75) is 13.0 Å². The summed E-state index contributed by atoms with van der Waals surface area (Å²) in [4.78, 5) is 12.0. The normalized spacial score (nSPS) is 16.5. The van der Waals surface area contributed by atoms with Crippen LogP contribution >= 0.6 is 11.6 Å². The van der Waals surface area contributed by atoms with Crippen LogP contribution in [-0.2, 0) is 6.54 Å². The predicted octanol–water partition coefficient (Wildman–Crippen LogP) is 2.98. The van der Waals surface area contributed by atoms with Crippen LogP contribution in [0.25, 0.3) is 0 Å². The van der Waals surface area contributed by atoms with E-state index in [0.717, 1.165) is 45.3 Å². The van der Waals surface area contributed by atoms with Crippen molar-refractivity contribution in [1.82, 2.24) is 14.9 Å². The van der Waals surface area contributed by atoms with Gasteiger partial charge >= 0.3 is 0 Å². The fraction of sp³-hybridized carbons (Fsp3) is 0.375. The minimum atomic E-state index is -0.416. The maximum Gasteiger partial charge on any atom is 0.224 e. The highest BCUT2D eigenvalue weighted by molar-refractivity contribution is 6.28. The second-order valence-electron chi connectivity index (χ2n) is 5.41. The van der Waals surface area contributed by atoms with Gasteiger partial charge in [0.15, 0.2) is 11.6 Å². The fourth-order valence-electron chi connectivity index (χ4n) is 2.74. The molecule has 0 N–H and O–H groups in total. The van der Waals surface area contributed by atoms with Gasteiger partial charge in [0.1, 0.15) is 0 Å². The van der Waals surface area contributed by atoms with Crippen molar-refractivity contribution < 1.29 is 4.39 Å². The average Bonchev–Trinajstić information content (AvgIpc) is 2.76. The smallest absolute Gasteiger partial charge is 0.224 e. The standard InChI is InChI=1S/C16H18ClFN4/c17-16-19-11-14(18)15(20-16)22-8-4-7-21(9-10-22)12-13-5-2-1-3-6-13/h1-3,5-6,11H,4,7-10,12H2. The van der Waals surface area contributed by atoms with E-state index in [4.69, 9.17) is 11.6 Å². The van der Waals surface area contributed by atoms with Crippen LogP contribution in [0, 0.1) is 5.82 Å². The first-order valence-electron chi connectivity index (χ1n) is 7.41. The van der Waals surface area contributed by atoms with Crippen LogP contribution in [0.15, 0.2) is 36.5 Å². The van der Waals surface area contributed by atoms with Crippen molar-refractivity contribution in [3.05, 3.63) is 53.2 Å². The van der Waals surface area contributed by atoms with E-state index in [1.54, 1.807) is 0 Å². The molecule has 3 rings (SSSR count). The SMILES string of the molecule is Fc1cnc(Cl)nc1N1CCCN(Cc2ccccc2)CC1. The summed E-state index contributed by atoms with van der Waals surface area (Å²) in [6.07, 6.45) is 2.10. The summed E-state index contributed by atoms with van der Waals surface area (Å²) in [7, 11) is 0. The molecule has 0 bridgehead atoms. The van der Waals surface area contributed by atoms with Gasteiger partial charge in [0.05, 0.1) is 6.20 Å². The highest BCUT2D eigenvalue weighted by atomic mass is 35.5. The van der Waals surface area contributed by atoms with Crippen molar-refractivity contribution in [2.75, 3.05) is 31.1 Å². The van der Waals surface area contributed by atoms with Gasteiger partial charge < -0.3 is 4.90 Å². The maximum absolute atomic E-state index is 13.9. The van der Waals surface area contributed by atoms with E-state index in [0.29, 0.717) is 5.82 Å². The quantitative estimate of drug-likeness (QED) is 0.814. The van der Waals surface area contributed by atoms with Gasteiger partial charge in [-0.3, -0.25) is 4.90 Å². The molecule has 1 aromatic heterocycles. The maximum atomic E-state index is 13.9. The molecule has 6 heteroatoms. The Bertz CT molecular complexity index is 623. The highest BCUT2D eigenvalue weighted by Gasteiger charge is 2.19. The van der Waals surface area contributed by atoms with Gasteiger partial charge in [-0.2, -0.15) is 4.98 Å². The molecular weight excluding hydrogens is 303 g/mol. The van der Waals surface area contributed by atoms with Crippen LogP contribution in [0.4, 0.5) is 10.2 Å². The van der Waals surface area contributed by atoms with E-state index >= 15 is 0 Å². The summed E-state index contributed by atoms with van der Waals surface area (Å²) < 4.78 is 13.9. The minimum Gasteiger partial charge on any atom is -0.353 e. The molecule has 0 amide bonds. The van der Waals surface area contributed by atoms with Crippen molar-refractivity contribution in [2.24, 2.45) is 0 Å². The van der Waals surface area contributed by atoms with Gasteiger partial charge in [0.25, 0.3) is 0 Å². The first kappa shape index (κ1) is 15.2. The van der Waals surface area contributed by atoms with Crippen molar-refractivity contribution in [3.8, 4) is 0 Å². The molecule has 1 aliphatic heterocycles. The van der Waals surface area contributed by atoms with Crippen molar-refractivity contribution >= 4 is 17.4 Å². The fourth-order valence-corrected chi connectivity index (χ4v) is 2.87. The Morgan fingerprint density at radius 1 is 1.09 bits per heavy atom. The Kier molecular flexibility index (Phi) is 4.85. The molecule has 0 spiro atoms. The van der Waals surface area contributed by atoms with Gasteiger partial charge in [-0.05, 0) is 23.6 Å². The number of halogens is 2. The molecule has 0 unspecified atom stereocenters. The van der Waals surface area contributed by atoms with E-state index in [1.807, 2.05) is 11.0 Å². The molecule has 22 heavy (non-hydrogen) atoms. The number of nitrogens with zero attached hydrogens (tertiary/aromatic N) is 4. The zero-order chi connectivity index (χ0) is 15.4. The van der Waals surface area contributed by atoms with Crippen LogP contribution in [0.3, 0.4) is 0 Å². The average molecular weight is 321 g/mol. The summed E-state index contributed by atoms with van der Waals surface area (Å²) in [5, 5.41) is 0.0850. The summed E-state index contributed by atoms with van der Waals surface area (Å²) in [6.45, 7) is 4.29. The van der Waals surface area contributed by atoms with Gasteiger partial charge in [-0.25, -0.2) is 9.37 Å². The molecule has 1 aliphatic rings. The number of hydrogen-bond donors (Lipinski definition) is 0. The summed E-state index contributed by atoms with van der Waals surface area (Å²) in [5.41, 5.74) is 1.30. The van der Waals surface area contributed by atoms with Crippen LogP contribution in [0.2, 0.25) is 5.28 Å². The Balaban J connectivity index is 1.66. The van der Waals surface area contributed by atoms with E-state index in [2.05, 4.69) is 39.1 Å². The Morgan fingerprint density at radius 3 is 2.73 bits per heavy atom. The molecule has 0 radical (unpaired) electrons. The third-order valence-electron chi connectivity index (χ3n) is 3.83. The molecule has 1 saturated heterocycles. The Morgan fingerprint density at radius 2 is 1.91 bits per heavy atom. The molecule has 0 aliphatic carbocycles. The van der Waals surface area contributed by atoms with Crippen LogP contribution in [0.5, 0.6) is 0 Å². The lowest BCUT2D eigenvalue weighted by atomic mass is 10.2. The molecule has 2 heterocycles. The second-order valence-corrected chi connectivity index (χ2v) is 5.75.